The van der Waals surface area contributed by atoms with E-state index in [0.717, 1.165) is 18.8 Å². The highest BCUT2D eigenvalue weighted by atomic mass is 16.2. The predicted octanol–water partition coefficient (Wildman–Crippen LogP) is 2.29. The van der Waals surface area contributed by atoms with E-state index >= 15 is 0 Å². The van der Waals surface area contributed by atoms with Crippen molar-refractivity contribution in [3.8, 4) is 0 Å². The zero-order chi connectivity index (χ0) is 18.5. The summed E-state index contributed by atoms with van der Waals surface area (Å²) in [7, 11) is 1.60. The van der Waals surface area contributed by atoms with E-state index in [0.29, 0.717) is 6.42 Å². The van der Waals surface area contributed by atoms with Crippen molar-refractivity contribution in [3.05, 3.63) is 24.3 Å². The maximum atomic E-state index is 12.1. The summed E-state index contributed by atoms with van der Waals surface area (Å²) in [6, 6.07) is 7.63. The Kier molecular flexibility index (Phi) is 5.75. The number of nitrogens with one attached hydrogen (secondary N) is 1. The molecule has 2 saturated heterocycles. The Morgan fingerprint density at radius 3 is 2.38 bits per heavy atom. The fourth-order valence-corrected chi connectivity index (χ4v) is 3.42. The number of hydrogen-bond donors (Lipinski definition) is 1. The molecule has 2 aliphatic heterocycles. The fraction of sp³-hybridized carbons (Fsp3) is 0.526. The van der Waals surface area contributed by atoms with Crippen molar-refractivity contribution in [2.75, 3.05) is 43.4 Å². The summed E-state index contributed by atoms with van der Waals surface area (Å²) in [5.41, 5.74) is 1.96. The lowest BCUT2D eigenvalue weighted by Crippen LogP contribution is -2.32. The summed E-state index contributed by atoms with van der Waals surface area (Å²) >= 11 is 0. The third-order valence-electron chi connectivity index (χ3n) is 4.89. The molecule has 7 heteroatoms. The average molecular weight is 358 g/mol. The molecule has 1 aromatic carbocycles. The molecule has 0 aromatic heterocycles. The number of amides is 4. The SMILES string of the molecule is CN1CC(=O)N(CCCC(=O)Nc2ccc(N3CCCCC3)cc2)C1=O. The van der Waals surface area contributed by atoms with Crippen LogP contribution in [-0.4, -0.2) is 60.9 Å². The number of benzene rings is 1. The molecule has 1 aromatic rings. The molecule has 26 heavy (non-hydrogen) atoms. The van der Waals surface area contributed by atoms with Crippen molar-refractivity contribution in [2.24, 2.45) is 0 Å². The minimum absolute atomic E-state index is 0.108. The standard InChI is InChI=1S/C19H26N4O3/c1-21-14-18(25)23(19(21)26)13-5-6-17(24)20-15-7-9-16(10-8-15)22-11-3-2-4-12-22/h7-10H,2-6,11-14H2,1H3,(H,20,24). The smallest absolute Gasteiger partial charge is 0.326 e. The molecule has 0 unspecified atom stereocenters. The Morgan fingerprint density at radius 1 is 1.08 bits per heavy atom. The molecule has 3 rings (SSSR count). The predicted molar refractivity (Wildman–Crippen MR) is 100 cm³/mol. The molecule has 2 aliphatic rings. The molecule has 4 amide bonds. The maximum Gasteiger partial charge on any atom is 0.326 e. The lowest BCUT2D eigenvalue weighted by molar-refractivity contribution is -0.125. The Labute approximate surface area is 153 Å². The Bertz CT molecular complexity index is 668. The van der Waals surface area contributed by atoms with Crippen LogP contribution in [0.1, 0.15) is 32.1 Å². The van der Waals surface area contributed by atoms with Crippen LogP contribution in [0.5, 0.6) is 0 Å². The van der Waals surface area contributed by atoms with E-state index in [4.69, 9.17) is 0 Å². The summed E-state index contributed by atoms with van der Waals surface area (Å²) in [6.07, 6.45) is 4.50. The Hall–Kier alpha value is -2.57. The number of imide groups is 1. The van der Waals surface area contributed by atoms with Crippen molar-refractivity contribution in [3.63, 3.8) is 0 Å². The lowest BCUT2D eigenvalue weighted by Gasteiger charge is -2.28. The van der Waals surface area contributed by atoms with Gasteiger partial charge in [-0.2, -0.15) is 0 Å². The van der Waals surface area contributed by atoms with Gasteiger partial charge in [0.15, 0.2) is 0 Å². The molecular formula is C19H26N4O3. The molecule has 0 aliphatic carbocycles. The number of nitrogens with zero attached hydrogens (tertiary/aromatic N) is 3. The van der Waals surface area contributed by atoms with Crippen molar-refractivity contribution in [2.45, 2.75) is 32.1 Å². The van der Waals surface area contributed by atoms with Crippen molar-refractivity contribution in [1.82, 2.24) is 9.80 Å². The number of urea groups is 1. The first-order valence-electron chi connectivity index (χ1n) is 9.25. The molecule has 2 fully saturated rings. The zero-order valence-corrected chi connectivity index (χ0v) is 15.2. The molecule has 2 heterocycles. The molecule has 140 valence electrons. The van der Waals surface area contributed by atoms with Gasteiger partial charge in [-0.15, -0.1) is 0 Å². The number of piperidine rings is 1. The summed E-state index contributed by atoms with van der Waals surface area (Å²) in [6.45, 7) is 2.58. The second-order valence-electron chi connectivity index (χ2n) is 6.93. The van der Waals surface area contributed by atoms with Crippen LogP contribution >= 0.6 is 0 Å². The van der Waals surface area contributed by atoms with Gasteiger partial charge in [0.2, 0.25) is 11.8 Å². The maximum absolute atomic E-state index is 12.1. The zero-order valence-electron chi connectivity index (χ0n) is 15.2. The number of rotatable bonds is 6. The van der Waals surface area contributed by atoms with Crippen LogP contribution in [0.3, 0.4) is 0 Å². The summed E-state index contributed by atoms with van der Waals surface area (Å²) in [4.78, 5) is 40.5. The van der Waals surface area contributed by atoms with E-state index < -0.39 is 0 Å². The van der Waals surface area contributed by atoms with E-state index in [1.165, 1.54) is 34.7 Å². The van der Waals surface area contributed by atoms with E-state index in [2.05, 4.69) is 10.2 Å². The number of carbonyl (C=O) groups excluding carboxylic acids is 3. The molecule has 1 N–H and O–H groups in total. The molecular weight excluding hydrogens is 332 g/mol. The summed E-state index contributed by atoms with van der Waals surface area (Å²) in [5, 5.41) is 2.87. The van der Waals surface area contributed by atoms with E-state index in [-0.39, 0.29) is 37.4 Å². The van der Waals surface area contributed by atoms with E-state index in [9.17, 15) is 14.4 Å². The first-order chi connectivity index (χ1) is 12.5. The molecule has 7 nitrogen and oxygen atoms in total. The van der Waals surface area contributed by atoms with E-state index in [1.807, 2.05) is 24.3 Å². The van der Waals surface area contributed by atoms with Crippen molar-refractivity contribution >= 4 is 29.2 Å². The molecule has 0 saturated carbocycles. The second kappa shape index (κ2) is 8.21. The first kappa shape index (κ1) is 18.2. The Balaban J connectivity index is 1.43. The topological polar surface area (TPSA) is 73.0 Å². The number of anilines is 2. The highest BCUT2D eigenvalue weighted by Gasteiger charge is 2.32. The summed E-state index contributed by atoms with van der Waals surface area (Å²) < 4.78 is 0. The van der Waals surface area contributed by atoms with Crippen LogP contribution in [-0.2, 0) is 9.59 Å². The molecule has 0 radical (unpaired) electrons. The van der Waals surface area contributed by atoms with Gasteiger partial charge in [-0.25, -0.2) is 4.79 Å². The molecule has 0 bridgehead atoms. The minimum Gasteiger partial charge on any atom is -0.372 e. The van der Waals surface area contributed by atoms with Crippen LogP contribution in [0.15, 0.2) is 24.3 Å². The van der Waals surface area contributed by atoms with Gasteiger partial charge in [-0.3, -0.25) is 14.5 Å². The van der Waals surface area contributed by atoms with Gasteiger partial charge in [0.1, 0.15) is 6.54 Å². The second-order valence-corrected chi connectivity index (χ2v) is 6.93. The van der Waals surface area contributed by atoms with Gasteiger partial charge in [-0.05, 0) is 49.9 Å². The van der Waals surface area contributed by atoms with Crippen LogP contribution in [0.4, 0.5) is 16.2 Å². The van der Waals surface area contributed by atoms with Crippen molar-refractivity contribution in [1.29, 1.82) is 0 Å². The third-order valence-corrected chi connectivity index (χ3v) is 4.89. The number of hydrogen-bond acceptors (Lipinski definition) is 4. The quantitative estimate of drug-likeness (QED) is 0.792. The van der Waals surface area contributed by atoms with Gasteiger partial charge in [0.25, 0.3) is 0 Å². The number of carbonyl (C=O) groups is 3. The van der Waals surface area contributed by atoms with Gasteiger partial charge >= 0.3 is 6.03 Å². The lowest BCUT2D eigenvalue weighted by atomic mass is 10.1. The van der Waals surface area contributed by atoms with Gasteiger partial charge in [0.05, 0.1) is 0 Å². The van der Waals surface area contributed by atoms with Crippen LogP contribution in [0.2, 0.25) is 0 Å². The third kappa shape index (κ3) is 4.33. The van der Waals surface area contributed by atoms with Gasteiger partial charge in [-0.1, -0.05) is 0 Å². The van der Waals surface area contributed by atoms with Crippen LogP contribution < -0.4 is 10.2 Å². The highest BCUT2D eigenvalue weighted by molar-refractivity contribution is 6.01. The minimum atomic E-state index is -0.288. The summed E-state index contributed by atoms with van der Waals surface area (Å²) in [5.74, 6) is -0.311. The first-order valence-corrected chi connectivity index (χ1v) is 9.25. The van der Waals surface area contributed by atoms with Gasteiger partial charge in [0, 0.05) is 44.5 Å². The molecule has 0 atom stereocenters. The number of likely N-dealkylation sites (N-methyl/N-ethyl adjacent to an activating group) is 1. The van der Waals surface area contributed by atoms with Gasteiger partial charge < -0.3 is 15.1 Å². The Morgan fingerprint density at radius 2 is 1.77 bits per heavy atom. The highest BCUT2D eigenvalue weighted by Crippen LogP contribution is 2.22. The fourth-order valence-electron chi connectivity index (χ4n) is 3.42. The van der Waals surface area contributed by atoms with Crippen molar-refractivity contribution < 1.29 is 14.4 Å². The molecule has 0 spiro atoms. The van der Waals surface area contributed by atoms with Crippen LogP contribution in [0, 0.1) is 0 Å². The monoisotopic (exact) mass is 358 g/mol. The average Bonchev–Trinajstić information content (AvgIpc) is 2.89. The largest absolute Gasteiger partial charge is 0.372 e. The van der Waals surface area contributed by atoms with Crippen LogP contribution in [0.25, 0.3) is 0 Å². The normalized spacial score (nSPS) is 17.8. The van der Waals surface area contributed by atoms with E-state index in [1.54, 1.807) is 7.05 Å².